The van der Waals surface area contributed by atoms with Gasteiger partial charge in [0.25, 0.3) is 15.9 Å². The van der Waals surface area contributed by atoms with Crippen LogP contribution in [0.4, 0.5) is 11.4 Å². The van der Waals surface area contributed by atoms with E-state index >= 15 is 0 Å². The molecule has 0 spiro atoms. The first kappa shape index (κ1) is 21.2. The Bertz CT molecular complexity index is 1160. The molecule has 0 atom stereocenters. The van der Waals surface area contributed by atoms with Crippen LogP contribution in [-0.4, -0.2) is 21.4 Å². The molecule has 0 aromatic heterocycles. The lowest BCUT2D eigenvalue weighted by Crippen LogP contribution is -2.26. The van der Waals surface area contributed by atoms with Crippen LogP contribution >= 0.6 is 23.2 Å². The number of anilines is 2. The lowest BCUT2D eigenvalue weighted by Gasteiger charge is -2.20. The van der Waals surface area contributed by atoms with Gasteiger partial charge < -0.3 is 5.32 Å². The molecule has 0 radical (unpaired) electrons. The molecule has 29 heavy (non-hydrogen) atoms. The molecule has 1 N–H and O–H groups in total. The van der Waals surface area contributed by atoms with Crippen molar-refractivity contribution in [3.8, 4) is 0 Å². The summed E-state index contributed by atoms with van der Waals surface area (Å²) in [4.78, 5) is 12.7. The van der Waals surface area contributed by atoms with E-state index in [-0.39, 0.29) is 15.5 Å². The Hall–Kier alpha value is -2.54. The number of aryl methyl sites for hydroxylation is 1. The second-order valence-electron chi connectivity index (χ2n) is 6.38. The number of hydrogen-bond donors (Lipinski definition) is 1. The number of nitrogens with zero attached hydrogens (tertiary/aromatic N) is 1. The molecule has 0 saturated carbocycles. The molecule has 3 rings (SSSR count). The minimum absolute atomic E-state index is 0.123. The van der Waals surface area contributed by atoms with E-state index < -0.39 is 15.9 Å². The quantitative estimate of drug-likeness (QED) is 0.569. The van der Waals surface area contributed by atoms with Gasteiger partial charge in [-0.25, -0.2) is 8.42 Å². The van der Waals surface area contributed by atoms with E-state index in [0.29, 0.717) is 16.4 Å². The Morgan fingerprint density at radius 2 is 1.59 bits per heavy atom. The van der Waals surface area contributed by atoms with E-state index in [1.807, 2.05) is 6.92 Å². The number of sulfonamides is 1. The van der Waals surface area contributed by atoms with Crippen LogP contribution in [0.1, 0.15) is 15.9 Å². The summed E-state index contributed by atoms with van der Waals surface area (Å²) in [7, 11) is -2.32. The minimum atomic E-state index is -3.76. The maximum atomic E-state index is 12.8. The largest absolute Gasteiger partial charge is 0.321 e. The lowest BCUT2D eigenvalue weighted by molar-refractivity contribution is 0.102. The van der Waals surface area contributed by atoms with Crippen LogP contribution in [0.2, 0.25) is 10.0 Å². The summed E-state index contributed by atoms with van der Waals surface area (Å²) in [5.74, 6) is -0.446. The third-order valence-electron chi connectivity index (χ3n) is 4.36. The molecule has 0 aliphatic rings. The highest BCUT2D eigenvalue weighted by Gasteiger charge is 2.22. The number of halogens is 2. The van der Waals surface area contributed by atoms with Crippen molar-refractivity contribution in [2.24, 2.45) is 0 Å². The summed E-state index contributed by atoms with van der Waals surface area (Å²) in [5.41, 5.74) is 1.96. The van der Waals surface area contributed by atoms with Gasteiger partial charge in [-0.05, 0) is 49.4 Å². The summed E-state index contributed by atoms with van der Waals surface area (Å²) < 4.78 is 26.8. The van der Waals surface area contributed by atoms with Crippen molar-refractivity contribution in [2.45, 2.75) is 11.8 Å². The van der Waals surface area contributed by atoms with Gasteiger partial charge in [0.05, 0.1) is 31.9 Å². The summed E-state index contributed by atoms with van der Waals surface area (Å²) in [6.45, 7) is 1.88. The molecule has 3 aromatic carbocycles. The van der Waals surface area contributed by atoms with Crippen LogP contribution < -0.4 is 9.62 Å². The molecule has 150 valence electrons. The number of carbonyl (C=O) groups is 1. The Morgan fingerprint density at radius 1 is 0.931 bits per heavy atom. The van der Waals surface area contributed by atoms with Crippen LogP contribution in [0.25, 0.3) is 0 Å². The number of hydrogen-bond acceptors (Lipinski definition) is 3. The molecule has 1 amide bonds. The van der Waals surface area contributed by atoms with Crippen molar-refractivity contribution < 1.29 is 13.2 Å². The molecule has 8 heteroatoms. The number of para-hydroxylation sites is 1. The maximum Gasteiger partial charge on any atom is 0.264 e. The maximum absolute atomic E-state index is 12.8. The minimum Gasteiger partial charge on any atom is -0.321 e. The van der Waals surface area contributed by atoms with Gasteiger partial charge in [0.15, 0.2) is 0 Å². The van der Waals surface area contributed by atoms with Gasteiger partial charge in [0, 0.05) is 7.05 Å². The topological polar surface area (TPSA) is 66.5 Å². The van der Waals surface area contributed by atoms with Gasteiger partial charge in [0.2, 0.25) is 0 Å². The Kier molecular flexibility index (Phi) is 6.17. The van der Waals surface area contributed by atoms with Crippen molar-refractivity contribution in [1.82, 2.24) is 0 Å². The third kappa shape index (κ3) is 4.56. The van der Waals surface area contributed by atoms with Crippen molar-refractivity contribution in [2.75, 3.05) is 16.7 Å². The van der Waals surface area contributed by atoms with Gasteiger partial charge in [-0.3, -0.25) is 9.10 Å². The molecule has 0 aliphatic carbocycles. The standard InChI is InChI=1S/C21H18Cl2N2O3S/c1-14-7-10-16(11-8-14)29(27,28)25(2)15-9-12-17(19(23)13-15)21(26)24-20-6-4-3-5-18(20)22/h3-13H,1-2H3,(H,24,26). The van der Waals surface area contributed by atoms with E-state index in [9.17, 15) is 13.2 Å². The van der Waals surface area contributed by atoms with Crippen LogP contribution in [-0.2, 0) is 10.0 Å². The lowest BCUT2D eigenvalue weighted by atomic mass is 10.2. The first-order chi connectivity index (χ1) is 13.7. The highest BCUT2D eigenvalue weighted by atomic mass is 35.5. The highest BCUT2D eigenvalue weighted by Crippen LogP contribution is 2.28. The molecular formula is C21H18Cl2N2O3S. The smallest absolute Gasteiger partial charge is 0.264 e. The van der Waals surface area contributed by atoms with E-state index in [1.54, 1.807) is 48.5 Å². The zero-order valence-electron chi connectivity index (χ0n) is 15.7. The monoisotopic (exact) mass is 448 g/mol. The van der Waals surface area contributed by atoms with Crippen molar-refractivity contribution in [3.05, 3.63) is 87.9 Å². The first-order valence-electron chi connectivity index (χ1n) is 8.61. The second-order valence-corrected chi connectivity index (χ2v) is 9.17. The van der Waals surface area contributed by atoms with Crippen LogP contribution in [0.15, 0.2) is 71.6 Å². The van der Waals surface area contributed by atoms with Crippen LogP contribution in [0.5, 0.6) is 0 Å². The molecule has 0 heterocycles. The van der Waals surface area contributed by atoms with E-state index in [2.05, 4.69) is 5.32 Å². The predicted molar refractivity (Wildman–Crippen MR) is 118 cm³/mol. The molecule has 0 fully saturated rings. The van der Waals surface area contributed by atoms with Crippen LogP contribution in [0.3, 0.4) is 0 Å². The number of nitrogens with one attached hydrogen (secondary N) is 1. The zero-order chi connectivity index (χ0) is 21.2. The molecule has 3 aromatic rings. The Labute approximate surface area is 179 Å². The van der Waals surface area contributed by atoms with E-state index in [4.69, 9.17) is 23.2 Å². The summed E-state index contributed by atoms with van der Waals surface area (Å²) in [6, 6.07) is 17.8. The predicted octanol–water partition coefficient (Wildman–Crippen LogP) is 5.38. The van der Waals surface area contributed by atoms with Gasteiger partial charge in [0.1, 0.15) is 0 Å². The van der Waals surface area contributed by atoms with Crippen molar-refractivity contribution in [1.29, 1.82) is 0 Å². The van der Waals surface area contributed by atoms with Gasteiger partial charge >= 0.3 is 0 Å². The Morgan fingerprint density at radius 3 is 2.21 bits per heavy atom. The summed E-state index contributed by atoms with van der Waals surface area (Å²) >= 11 is 12.3. The van der Waals surface area contributed by atoms with Crippen molar-refractivity contribution in [3.63, 3.8) is 0 Å². The fourth-order valence-corrected chi connectivity index (χ4v) is 4.27. The van der Waals surface area contributed by atoms with E-state index in [1.165, 1.54) is 25.2 Å². The number of amides is 1. The number of rotatable bonds is 5. The van der Waals surface area contributed by atoms with Gasteiger partial charge in [-0.15, -0.1) is 0 Å². The fraction of sp³-hybridized carbons (Fsp3) is 0.0952. The molecule has 0 aliphatic heterocycles. The summed E-state index contributed by atoms with van der Waals surface area (Å²) in [6.07, 6.45) is 0. The van der Waals surface area contributed by atoms with Crippen molar-refractivity contribution >= 4 is 50.5 Å². The fourth-order valence-electron chi connectivity index (χ4n) is 2.64. The zero-order valence-corrected chi connectivity index (χ0v) is 18.0. The molecule has 5 nitrogen and oxygen atoms in total. The highest BCUT2D eigenvalue weighted by molar-refractivity contribution is 7.92. The molecule has 0 bridgehead atoms. The normalized spacial score (nSPS) is 11.2. The SMILES string of the molecule is Cc1ccc(S(=O)(=O)N(C)c2ccc(C(=O)Nc3ccccc3Cl)c(Cl)c2)cc1. The molecule has 0 saturated heterocycles. The third-order valence-corrected chi connectivity index (χ3v) is 6.80. The molecule has 0 unspecified atom stereocenters. The average molecular weight is 449 g/mol. The summed E-state index contributed by atoms with van der Waals surface area (Å²) in [5, 5.41) is 3.21. The van der Waals surface area contributed by atoms with Crippen LogP contribution in [0, 0.1) is 6.92 Å². The van der Waals surface area contributed by atoms with Gasteiger partial charge in [-0.2, -0.15) is 0 Å². The molecular weight excluding hydrogens is 431 g/mol. The van der Waals surface area contributed by atoms with Gasteiger partial charge in [-0.1, -0.05) is 53.0 Å². The number of benzene rings is 3. The Balaban J connectivity index is 1.86. The number of carbonyl (C=O) groups excluding carboxylic acids is 1. The first-order valence-corrected chi connectivity index (χ1v) is 10.8. The van der Waals surface area contributed by atoms with E-state index in [0.717, 1.165) is 9.87 Å². The second kappa shape index (κ2) is 8.45. The average Bonchev–Trinajstić information content (AvgIpc) is 2.69.